The minimum Gasteiger partial charge on any atom is -0.398 e. The second-order valence-electron chi connectivity index (χ2n) is 4.74. The van der Waals surface area contributed by atoms with Crippen molar-refractivity contribution in [2.24, 2.45) is 0 Å². The number of anilines is 1. The number of benzene rings is 1. The van der Waals surface area contributed by atoms with E-state index in [9.17, 15) is 8.42 Å². The Bertz CT molecular complexity index is 728. The molecule has 1 aromatic carbocycles. The highest BCUT2D eigenvalue weighted by Crippen LogP contribution is 2.29. The number of thiophene rings is 1. The van der Waals surface area contributed by atoms with Gasteiger partial charge in [0.2, 0.25) is 10.0 Å². The molecule has 1 atom stereocenters. The third-order valence-electron chi connectivity index (χ3n) is 3.18. The zero-order valence-electron chi connectivity index (χ0n) is 11.8. The normalized spacial score (nSPS) is 13.3. The van der Waals surface area contributed by atoms with Gasteiger partial charge in [-0.05, 0) is 58.4 Å². The third-order valence-corrected chi connectivity index (χ3v) is 6.46. The molecule has 1 unspecified atom stereocenters. The lowest BCUT2D eigenvalue weighted by Gasteiger charge is -2.17. The van der Waals surface area contributed by atoms with Crippen molar-refractivity contribution in [3.8, 4) is 0 Å². The molecule has 4 nitrogen and oxygen atoms in total. The summed E-state index contributed by atoms with van der Waals surface area (Å²) in [5.41, 5.74) is 6.87. The molecule has 0 saturated heterocycles. The van der Waals surface area contributed by atoms with Crippen LogP contribution in [0, 0.1) is 6.92 Å². The van der Waals surface area contributed by atoms with E-state index in [0.29, 0.717) is 22.1 Å². The van der Waals surface area contributed by atoms with Crippen molar-refractivity contribution in [1.29, 1.82) is 0 Å². The molecule has 2 aromatic rings. The van der Waals surface area contributed by atoms with Gasteiger partial charge in [0, 0.05) is 15.0 Å². The van der Waals surface area contributed by atoms with Crippen molar-refractivity contribution < 1.29 is 8.42 Å². The Morgan fingerprint density at radius 3 is 2.71 bits per heavy atom. The van der Waals surface area contributed by atoms with Crippen LogP contribution in [0.4, 0.5) is 5.69 Å². The molecule has 0 spiro atoms. The van der Waals surface area contributed by atoms with Crippen LogP contribution in [-0.4, -0.2) is 8.42 Å². The standard InChI is InChI=1S/C14H17BrN2O2S2/c1-3-12(13-5-4-6-20-13)17-21(18,19)14-8-11(16)10(15)7-9(14)2/h4-8,12,17H,3,16H2,1-2H3. The number of hydrogen-bond donors (Lipinski definition) is 2. The smallest absolute Gasteiger partial charge is 0.241 e. The highest BCUT2D eigenvalue weighted by Gasteiger charge is 2.23. The highest BCUT2D eigenvalue weighted by molar-refractivity contribution is 9.10. The SMILES string of the molecule is CCC(NS(=O)(=O)c1cc(N)c(Br)cc1C)c1cccs1. The van der Waals surface area contributed by atoms with Gasteiger partial charge in [-0.1, -0.05) is 13.0 Å². The number of sulfonamides is 1. The molecule has 21 heavy (non-hydrogen) atoms. The number of hydrogen-bond acceptors (Lipinski definition) is 4. The predicted molar refractivity (Wildman–Crippen MR) is 91.0 cm³/mol. The summed E-state index contributed by atoms with van der Waals surface area (Å²) in [7, 11) is -3.61. The molecule has 7 heteroatoms. The van der Waals surface area contributed by atoms with Gasteiger partial charge in [-0.15, -0.1) is 11.3 Å². The Morgan fingerprint density at radius 2 is 2.14 bits per heavy atom. The molecule has 114 valence electrons. The molecule has 3 N–H and O–H groups in total. The lowest BCUT2D eigenvalue weighted by Crippen LogP contribution is -2.28. The van der Waals surface area contributed by atoms with E-state index in [1.165, 1.54) is 6.07 Å². The molecule has 0 aliphatic rings. The van der Waals surface area contributed by atoms with E-state index in [1.807, 2.05) is 24.4 Å². The Kier molecular flexibility index (Phi) is 5.08. The van der Waals surface area contributed by atoms with Crippen LogP contribution < -0.4 is 10.5 Å². The fourth-order valence-electron chi connectivity index (χ4n) is 2.04. The maximum atomic E-state index is 12.6. The Balaban J connectivity index is 2.36. The average molecular weight is 389 g/mol. The maximum absolute atomic E-state index is 12.6. The van der Waals surface area contributed by atoms with Crippen molar-refractivity contribution >= 4 is 43.0 Å². The largest absolute Gasteiger partial charge is 0.398 e. The first-order valence-corrected chi connectivity index (χ1v) is 9.62. The second-order valence-corrected chi connectivity index (χ2v) is 8.25. The van der Waals surface area contributed by atoms with Crippen molar-refractivity contribution in [1.82, 2.24) is 4.72 Å². The van der Waals surface area contributed by atoms with E-state index in [4.69, 9.17) is 5.73 Å². The minimum absolute atomic E-state index is 0.221. The van der Waals surface area contributed by atoms with Crippen LogP contribution in [0.5, 0.6) is 0 Å². The molecule has 1 aromatic heterocycles. The first-order chi connectivity index (χ1) is 9.85. The first kappa shape index (κ1) is 16.5. The van der Waals surface area contributed by atoms with Crippen LogP contribution in [0.15, 0.2) is 39.0 Å². The molecule has 1 heterocycles. The third kappa shape index (κ3) is 3.66. The predicted octanol–water partition coefficient (Wildman–Crippen LogP) is 3.83. The van der Waals surface area contributed by atoms with Crippen LogP contribution >= 0.6 is 27.3 Å². The Hall–Kier alpha value is -0.890. The number of nitrogen functional groups attached to an aromatic ring is 1. The number of nitrogens with two attached hydrogens (primary N) is 1. The average Bonchev–Trinajstić information content (AvgIpc) is 2.94. The van der Waals surface area contributed by atoms with Crippen molar-refractivity contribution in [2.45, 2.75) is 31.2 Å². The number of rotatable bonds is 5. The zero-order valence-corrected chi connectivity index (χ0v) is 15.0. The summed E-state index contributed by atoms with van der Waals surface area (Å²) in [6, 6.07) is 6.84. The molecule has 0 amide bonds. The van der Waals surface area contributed by atoms with Crippen LogP contribution in [0.1, 0.15) is 29.8 Å². The van der Waals surface area contributed by atoms with Gasteiger partial charge in [0.1, 0.15) is 0 Å². The maximum Gasteiger partial charge on any atom is 0.241 e. The van der Waals surface area contributed by atoms with Crippen LogP contribution in [-0.2, 0) is 10.0 Å². The summed E-state index contributed by atoms with van der Waals surface area (Å²) in [6.45, 7) is 3.71. The topological polar surface area (TPSA) is 72.2 Å². The summed E-state index contributed by atoms with van der Waals surface area (Å²) in [5, 5.41) is 1.94. The Morgan fingerprint density at radius 1 is 1.43 bits per heavy atom. The number of aryl methyl sites for hydroxylation is 1. The highest BCUT2D eigenvalue weighted by atomic mass is 79.9. The zero-order chi connectivity index (χ0) is 15.6. The van der Waals surface area contributed by atoms with Gasteiger partial charge in [-0.2, -0.15) is 0 Å². The first-order valence-electron chi connectivity index (χ1n) is 6.46. The van der Waals surface area contributed by atoms with E-state index in [-0.39, 0.29) is 10.9 Å². The number of halogens is 1. The van der Waals surface area contributed by atoms with Crippen LogP contribution in [0.25, 0.3) is 0 Å². The monoisotopic (exact) mass is 388 g/mol. The van der Waals surface area contributed by atoms with Gasteiger partial charge >= 0.3 is 0 Å². The second kappa shape index (κ2) is 6.48. The molecule has 2 rings (SSSR count). The van der Waals surface area contributed by atoms with Gasteiger partial charge in [-0.25, -0.2) is 13.1 Å². The minimum atomic E-state index is -3.61. The van der Waals surface area contributed by atoms with E-state index in [0.717, 1.165) is 4.88 Å². The summed E-state index contributed by atoms with van der Waals surface area (Å²) in [5.74, 6) is 0. The van der Waals surface area contributed by atoms with E-state index in [1.54, 1.807) is 24.3 Å². The van der Waals surface area contributed by atoms with Gasteiger partial charge in [0.25, 0.3) is 0 Å². The lowest BCUT2D eigenvalue weighted by molar-refractivity contribution is 0.552. The van der Waals surface area contributed by atoms with Crippen molar-refractivity contribution in [3.63, 3.8) is 0 Å². The molecule has 0 fully saturated rings. The summed E-state index contributed by atoms with van der Waals surface area (Å²) >= 11 is 4.85. The molecular formula is C14H17BrN2O2S2. The quantitative estimate of drug-likeness (QED) is 0.764. The molecule has 0 aliphatic heterocycles. The molecule has 0 saturated carbocycles. The van der Waals surface area contributed by atoms with E-state index in [2.05, 4.69) is 20.7 Å². The van der Waals surface area contributed by atoms with Gasteiger partial charge in [0.05, 0.1) is 10.9 Å². The fourth-order valence-corrected chi connectivity index (χ4v) is 4.99. The van der Waals surface area contributed by atoms with Gasteiger partial charge in [-0.3, -0.25) is 0 Å². The molecule has 0 radical (unpaired) electrons. The summed E-state index contributed by atoms with van der Waals surface area (Å²) in [4.78, 5) is 1.22. The fraction of sp³-hybridized carbons (Fsp3) is 0.286. The number of nitrogens with one attached hydrogen (secondary N) is 1. The van der Waals surface area contributed by atoms with E-state index < -0.39 is 10.0 Å². The summed E-state index contributed by atoms with van der Waals surface area (Å²) < 4.78 is 28.7. The molecular weight excluding hydrogens is 372 g/mol. The molecule has 0 aliphatic carbocycles. The van der Waals surface area contributed by atoms with Crippen molar-refractivity contribution in [2.75, 3.05) is 5.73 Å². The molecule has 0 bridgehead atoms. The van der Waals surface area contributed by atoms with Crippen LogP contribution in [0.3, 0.4) is 0 Å². The van der Waals surface area contributed by atoms with E-state index >= 15 is 0 Å². The Labute approximate surface area is 137 Å². The lowest BCUT2D eigenvalue weighted by atomic mass is 10.2. The summed E-state index contributed by atoms with van der Waals surface area (Å²) in [6.07, 6.45) is 0.685. The van der Waals surface area contributed by atoms with Gasteiger partial charge in [0.15, 0.2) is 0 Å². The van der Waals surface area contributed by atoms with Gasteiger partial charge < -0.3 is 5.73 Å². The van der Waals surface area contributed by atoms with Crippen molar-refractivity contribution in [3.05, 3.63) is 44.6 Å². The van der Waals surface area contributed by atoms with Crippen LogP contribution in [0.2, 0.25) is 0 Å².